The van der Waals surface area contributed by atoms with Gasteiger partial charge in [0.15, 0.2) is 0 Å². The molecular formula is C10H15N. The Morgan fingerprint density at radius 3 is 2.27 bits per heavy atom. The highest BCUT2D eigenvalue weighted by Crippen LogP contribution is 2.56. The van der Waals surface area contributed by atoms with Gasteiger partial charge in [0.25, 0.3) is 0 Å². The minimum Gasteiger partial charge on any atom is -0.317 e. The second kappa shape index (κ2) is 2.53. The second-order valence-corrected chi connectivity index (χ2v) is 3.88. The molecule has 0 radical (unpaired) electrons. The molecule has 0 bridgehead atoms. The summed E-state index contributed by atoms with van der Waals surface area (Å²) in [4.78, 5) is 0. The zero-order valence-corrected chi connectivity index (χ0v) is 6.79. The lowest BCUT2D eigenvalue weighted by Crippen LogP contribution is -2.21. The molecule has 0 saturated heterocycles. The molecule has 2 saturated carbocycles. The lowest BCUT2D eigenvalue weighted by atomic mass is 10.0. The maximum absolute atomic E-state index is 5.80. The van der Waals surface area contributed by atoms with Crippen LogP contribution in [-0.2, 0) is 0 Å². The summed E-state index contributed by atoms with van der Waals surface area (Å²) in [6, 6.07) is 0.0445. The summed E-state index contributed by atoms with van der Waals surface area (Å²) in [6.07, 6.45) is 10.8. The van der Waals surface area contributed by atoms with Crippen molar-refractivity contribution in [3.63, 3.8) is 0 Å². The first-order valence-corrected chi connectivity index (χ1v) is 4.56. The summed E-state index contributed by atoms with van der Waals surface area (Å²) in [5.41, 5.74) is 5.80. The van der Waals surface area contributed by atoms with Crippen LogP contribution in [0.15, 0.2) is 0 Å². The normalized spacial score (nSPS) is 43.8. The zero-order chi connectivity index (χ0) is 7.84. The van der Waals surface area contributed by atoms with E-state index in [0.29, 0.717) is 5.92 Å². The highest BCUT2D eigenvalue weighted by molar-refractivity contribution is 5.13. The predicted molar refractivity (Wildman–Crippen MR) is 45.7 cm³/mol. The Bertz CT molecular complexity index is 180. The molecule has 60 valence electrons. The van der Waals surface area contributed by atoms with Gasteiger partial charge in [-0.25, -0.2) is 0 Å². The standard InChI is InChI=1S/C10H15N/c1-2-9(11)10-7-5-3-4-6-8(7)10/h1,7-10H,3-6,11H2. The minimum atomic E-state index is 0.0445. The van der Waals surface area contributed by atoms with Crippen molar-refractivity contribution in [2.45, 2.75) is 31.7 Å². The molecule has 0 spiro atoms. The number of nitrogens with two attached hydrogens (primary N) is 1. The first-order chi connectivity index (χ1) is 5.34. The van der Waals surface area contributed by atoms with Gasteiger partial charge in [0.2, 0.25) is 0 Å². The topological polar surface area (TPSA) is 26.0 Å². The van der Waals surface area contributed by atoms with E-state index >= 15 is 0 Å². The van der Waals surface area contributed by atoms with Gasteiger partial charge in [0, 0.05) is 0 Å². The minimum absolute atomic E-state index is 0.0445. The van der Waals surface area contributed by atoms with Crippen molar-refractivity contribution in [1.82, 2.24) is 0 Å². The Morgan fingerprint density at radius 1 is 1.27 bits per heavy atom. The molecule has 0 aromatic heterocycles. The van der Waals surface area contributed by atoms with Gasteiger partial charge in [-0.15, -0.1) is 6.42 Å². The van der Waals surface area contributed by atoms with E-state index in [1.807, 2.05) is 0 Å². The molecule has 2 aliphatic carbocycles. The maximum Gasteiger partial charge on any atom is 0.0696 e. The van der Waals surface area contributed by atoms with Crippen molar-refractivity contribution in [2.24, 2.45) is 23.5 Å². The highest BCUT2D eigenvalue weighted by Gasteiger charge is 2.52. The van der Waals surface area contributed by atoms with Gasteiger partial charge in [0.05, 0.1) is 6.04 Å². The number of hydrogen-bond acceptors (Lipinski definition) is 1. The lowest BCUT2D eigenvalue weighted by molar-refractivity contribution is 0.480. The van der Waals surface area contributed by atoms with Gasteiger partial charge in [-0.2, -0.15) is 0 Å². The summed E-state index contributed by atoms with van der Waals surface area (Å²) < 4.78 is 0. The molecule has 0 amide bonds. The average molecular weight is 149 g/mol. The van der Waals surface area contributed by atoms with Crippen molar-refractivity contribution in [1.29, 1.82) is 0 Å². The van der Waals surface area contributed by atoms with Crippen molar-refractivity contribution < 1.29 is 0 Å². The average Bonchev–Trinajstić information content (AvgIpc) is 2.77. The largest absolute Gasteiger partial charge is 0.317 e. The van der Waals surface area contributed by atoms with Crippen molar-refractivity contribution in [2.75, 3.05) is 0 Å². The molecule has 3 unspecified atom stereocenters. The first kappa shape index (κ1) is 7.18. The molecule has 3 atom stereocenters. The fourth-order valence-electron chi connectivity index (χ4n) is 2.69. The van der Waals surface area contributed by atoms with E-state index in [1.54, 1.807) is 0 Å². The van der Waals surface area contributed by atoms with Crippen LogP contribution in [0, 0.1) is 30.1 Å². The molecule has 0 aliphatic heterocycles. The number of rotatable bonds is 1. The zero-order valence-electron chi connectivity index (χ0n) is 6.79. The quantitative estimate of drug-likeness (QED) is 0.560. The second-order valence-electron chi connectivity index (χ2n) is 3.88. The van der Waals surface area contributed by atoms with Crippen molar-refractivity contribution in [3.8, 4) is 12.3 Å². The van der Waals surface area contributed by atoms with Crippen LogP contribution in [-0.4, -0.2) is 6.04 Å². The monoisotopic (exact) mass is 149 g/mol. The van der Waals surface area contributed by atoms with Crippen LogP contribution in [0.3, 0.4) is 0 Å². The van der Waals surface area contributed by atoms with Crippen LogP contribution >= 0.6 is 0 Å². The van der Waals surface area contributed by atoms with Gasteiger partial charge in [-0.3, -0.25) is 0 Å². The third-order valence-corrected chi connectivity index (χ3v) is 3.33. The van der Waals surface area contributed by atoms with Crippen LogP contribution in [0.1, 0.15) is 25.7 Å². The van der Waals surface area contributed by atoms with E-state index in [0.717, 1.165) is 11.8 Å². The molecule has 2 fully saturated rings. The number of fused-ring (bicyclic) bond motifs is 1. The van der Waals surface area contributed by atoms with Crippen LogP contribution in [0.25, 0.3) is 0 Å². The molecule has 0 aromatic rings. The molecule has 1 heteroatoms. The van der Waals surface area contributed by atoms with Gasteiger partial charge >= 0.3 is 0 Å². The van der Waals surface area contributed by atoms with Gasteiger partial charge in [-0.1, -0.05) is 18.8 Å². The van der Waals surface area contributed by atoms with E-state index < -0.39 is 0 Å². The Hall–Kier alpha value is -0.480. The molecule has 2 aliphatic rings. The fourth-order valence-corrected chi connectivity index (χ4v) is 2.69. The SMILES string of the molecule is C#CC(N)C1C2CCCCC21. The molecule has 2 N–H and O–H groups in total. The number of hydrogen-bond donors (Lipinski definition) is 1. The first-order valence-electron chi connectivity index (χ1n) is 4.56. The van der Waals surface area contributed by atoms with Gasteiger partial charge in [-0.05, 0) is 30.6 Å². The Kier molecular flexibility index (Phi) is 1.65. The third-order valence-electron chi connectivity index (χ3n) is 3.33. The van der Waals surface area contributed by atoms with E-state index in [9.17, 15) is 0 Å². The molecule has 0 aromatic carbocycles. The van der Waals surface area contributed by atoms with Crippen molar-refractivity contribution in [3.05, 3.63) is 0 Å². The van der Waals surface area contributed by atoms with Gasteiger partial charge < -0.3 is 5.73 Å². The van der Waals surface area contributed by atoms with Crippen molar-refractivity contribution >= 4 is 0 Å². The van der Waals surface area contributed by atoms with E-state index in [2.05, 4.69) is 5.92 Å². The summed E-state index contributed by atoms with van der Waals surface area (Å²) in [5.74, 6) is 5.14. The summed E-state index contributed by atoms with van der Waals surface area (Å²) in [7, 11) is 0. The molecular weight excluding hydrogens is 134 g/mol. The Labute approximate surface area is 68.4 Å². The van der Waals surface area contributed by atoms with E-state index in [1.165, 1.54) is 25.7 Å². The smallest absolute Gasteiger partial charge is 0.0696 e. The van der Waals surface area contributed by atoms with Crippen LogP contribution < -0.4 is 5.73 Å². The Balaban J connectivity index is 1.95. The predicted octanol–water partition coefficient (Wildman–Crippen LogP) is 1.38. The molecule has 1 nitrogen and oxygen atoms in total. The summed E-state index contributed by atoms with van der Waals surface area (Å²) in [5, 5.41) is 0. The maximum atomic E-state index is 5.80. The van der Waals surface area contributed by atoms with Crippen LogP contribution in [0.4, 0.5) is 0 Å². The van der Waals surface area contributed by atoms with Gasteiger partial charge in [0.1, 0.15) is 0 Å². The highest BCUT2D eigenvalue weighted by atomic mass is 14.7. The van der Waals surface area contributed by atoms with E-state index in [-0.39, 0.29) is 6.04 Å². The molecule has 0 heterocycles. The van der Waals surface area contributed by atoms with Crippen LogP contribution in [0.2, 0.25) is 0 Å². The summed E-state index contributed by atoms with van der Waals surface area (Å²) >= 11 is 0. The number of terminal acetylenes is 1. The molecule has 11 heavy (non-hydrogen) atoms. The van der Waals surface area contributed by atoms with E-state index in [4.69, 9.17) is 12.2 Å². The lowest BCUT2D eigenvalue weighted by Gasteiger charge is -2.04. The Morgan fingerprint density at radius 2 is 1.82 bits per heavy atom. The van der Waals surface area contributed by atoms with Crippen LogP contribution in [0.5, 0.6) is 0 Å². The summed E-state index contributed by atoms with van der Waals surface area (Å²) in [6.45, 7) is 0. The fraction of sp³-hybridized carbons (Fsp3) is 0.800. The molecule has 2 rings (SSSR count). The third kappa shape index (κ3) is 1.06.